The number of methoxy groups -OCH3 is 2. The van der Waals surface area contributed by atoms with Crippen molar-refractivity contribution in [2.24, 2.45) is 0 Å². The van der Waals surface area contributed by atoms with Gasteiger partial charge in [-0.2, -0.15) is 0 Å². The van der Waals surface area contributed by atoms with Crippen LogP contribution in [0.5, 0.6) is 11.5 Å². The molecule has 0 unspecified atom stereocenters. The number of halogens is 2. The van der Waals surface area contributed by atoms with E-state index in [1.54, 1.807) is 38.5 Å². The molecule has 0 atom stereocenters. The Labute approximate surface area is 139 Å². The van der Waals surface area contributed by atoms with Gasteiger partial charge in [-0.3, -0.25) is 4.79 Å². The molecule has 4 nitrogen and oxygen atoms in total. The van der Waals surface area contributed by atoms with E-state index >= 15 is 0 Å². The van der Waals surface area contributed by atoms with Crippen molar-refractivity contribution in [3.05, 3.63) is 50.9 Å². The largest absolute Gasteiger partial charge is 0.497 e. The summed E-state index contributed by atoms with van der Waals surface area (Å²) in [4.78, 5) is 12.3. The Morgan fingerprint density at radius 3 is 2.19 bits per heavy atom. The van der Waals surface area contributed by atoms with Crippen LogP contribution in [-0.4, -0.2) is 20.1 Å². The van der Waals surface area contributed by atoms with Crippen molar-refractivity contribution < 1.29 is 14.3 Å². The van der Waals surface area contributed by atoms with E-state index in [1.165, 1.54) is 0 Å². The number of hydrogen-bond donors (Lipinski definition) is 1. The standard InChI is InChI=1S/C15H13Br2NO3/c1-20-11-6-10(7-12(8-11)21-2)18-15(19)13-5-9(16)3-4-14(13)17/h3-8H,1-2H3,(H,18,19). The monoisotopic (exact) mass is 413 g/mol. The highest BCUT2D eigenvalue weighted by molar-refractivity contribution is 9.11. The summed E-state index contributed by atoms with van der Waals surface area (Å²) < 4.78 is 11.9. The van der Waals surface area contributed by atoms with Crippen molar-refractivity contribution in [2.75, 3.05) is 19.5 Å². The summed E-state index contributed by atoms with van der Waals surface area (Å²) in [5, 5.41) is 2.83. The highest BCUT2D eigenvalue weighted by Gasteiger charge is 2.12. The fourth-order valence-electron chi connectivity index (χ4n) is 1.75. The van der Waals surface area contributed by atoms with Gasteiger partial charge in [-0.15, -0.1) is 0 Å². The second-order valence-electron chi connectivity index (χ2n) is 4.18. The number of ether oxygens (including phenoxy) is 2. The highest BCUT2D eigenvalue weighted by atomic mass is 79.9. The molecule has 0 aliphatic carbocycles. The topological polar surface area (TPSA) is 47.6 Å². The first-order valence-corrected chi connectivity index (χ1v) is 7.61. The normalized spacial score (nSPS) is 10.1. The van der Waals surface area contributed by atoms with Crippen LogP contribution in [-0.2, 0) is 0 Å². The molecule has 0 aliphatic heterocycles. The number of rotatable bonds is 4. The molecule has 0 fully saturated rings. The maximum atomic E-state index is 12.3. The molecule has 0 aliphatic rings. The third kappa shape index (κ3) is 3.98. The lowest BCUT2D eigenvalue weighted by Crippen LogP contribution is -2.12. The van der Waals surface area contributed by atoms with Gasteiger partial charge in [-0.25, -0.2) is 0 Å². The lowest BCUT2D eigenvalue weighted by atomic mass is 10.2. The quantitative estimate of drug-likeness (QED) is 0.802. The lowest BCUT2D eigenvalue weighted by molar-refractivity contribution is 0.102. The molecule has 0 spiro atoms. The molecule has 110 valence electrons. The molecule has 2 rings (SSSR count). The van der Waals surface area contributed by atoms with Gasteiger partial charge in [0.15, 0.2) is 0 Å². The van der Waals surface area contributed by atoms with Gasteiger partial charge in [0.1, 0.15) is 11.5 Å². The fourth-order valence-corrected chi connectivity index (χ4v) is 2.54. The number of amides is 1. The number of hydrogen-bond acceptors (Lipinski definition) is 3. The summed E-state index contributed by atoms with van der Waals surface area (Å²) in [6.45, 7) is 0. The van der Waals surface area contributed by atoms with Crippen LogP contribution < -0.4 is 14.8 Å². The van der Waals surface area contributed by atoms with Gasteiger partial charge in [-0.05, 0) is 34.1 Å². The molecule has 2 aromatic carbocycles. The van der Waals surface area contributed by atoms with E-state index in [4.69, 9.17) is 9.47 Å². The van der Waals surface area contributed by atoms with Crippen LogP contribution in [0.4, 0.5) is 5.69 Å². The van der Waals surface area contributed by atoms with Crippen molar-refractivity contribution in [3.8, 4) is 11.5 Å². The van der Waals surface area contributed by atoms with E-state index in [2.05, 4.69) is 37.2 Å². The van der Waals surface area contributed by atoms with Gasteiger partial charge < -0.3 is 14.8 Å². The minimum absolute atomic E-state index is 0.224. The molecule has 0 saturated carbocycles. The van der Waals surface area contributed by atoms with Crippen molar-refractivity contribution in [1.29, 1.82) is 0 Å². The van der Waals surface area contributed by atoms with Crippen molar-refractivity contribution in [3.63, 3.8) is 0 Å². The fraction of sp³-hybridized carbons (Fsp3) is 0.133. The van der Waals surface area contributed by atoms with Crippen LogP contribution in [0, 0.1) is 0 Å². The molecule has 2 aromatic rings. The van der Waals surface area contributed by atoms with Crippen LogP contribution in [0.3, 0.4) is 0 Å². The first kappa shape index (κ1) is 15.9. The smallest absolute Gasteiger partial charge is 0.256 e. The zero-order valence-electron chi connectivity index (χ0n) is 11.4. The molecule has 1 amide bonds. The SMILES string of the molecule is COc1cc(NC(=O)c2cc(Br)ccc2Br)cc(OC)c1. The number of carbonyl (C=O) groups is 1. The molecule has 1 N–H and O–H groups in total. The maximum absolute atomic E-state index is 12.3. The van der Waals surface area contributed by atoms with Crippen LogP contribution in [0.15, 0.2) is 45.3 Å². The average molecular weight is 415 g/mol. The molecular formula is C15H13Br2NO3. The van der Waals surface area contributed by atoms with Gasteiger partial charge in [0, 0.05) is 32.8 Å². The van der Waals surface area contributed by atoms with Gasteiger partial charge in [0.25, 0.3) is 5.91 Å². The minimum atomic E-state index is -0.224. The van der Waals surface area contributed by atoms with E-state index in [0.29, 0.717) is 22.7 Å². The van der Waals surface area contributed by atoms with E-state index in [0.717, 1.165) is 8.95 Å². The molecule has 0 saturated heterocycles. The molecule has 0 aromatic heterocycles. The predicted molar refractivity (Wildman–Crippen MR) is 89.3 cm³/mol. The first-order valence-electron chi connectivity index (χ1n) is 6.03. The Morgan fingerprint density at radius 1 is 1.00 bits per heavy atom. The zero-order chi connectivity index (χ0) is 15.4. The Balaban J connectivity index is 2.28. The second kappa shape index (κ2) is 6.95. The summed E-state index contributed by atoms with van der Waals surface area (Å²) in [7, 11) is 3.12. The highest BCUT2D eigenvalue weighted by Crippen LogP contribution is 2.27. The predicted octanol–water partition coefficient (Wildman–Crippen LogP) is 4.48. The van der Waals surface area contributed by atoms with E-state index < -0.39 is 0 Å². The van der Waals surface area contributed by atoms with Crippen LogP contribution in [0.2, 0.25) is 0 Å². The van der Waals surface area contributed by atoms with E-state index in [-0.39, 0.29) is 5.91 Å². The lowest BCUT2D eigenvalue weighted by Gasteiger charge is -2.11. The number of benzene rings is 2. The van der Waals surface area contributed by atoms with Crippen molar-refractivity contribution in [2.45, 2.75) is 0 Å². The summed E-state index contributed by atoms with van der Waals surface area (Å²) >= 11 is 6.72. The Morgan fingerprint density at radius 2 is 1.62 bits per heavy atom. The third-order valence-corrected chi connectivity index (χ3v) is 3.97. The number of carbonyl (C=O) groups excluding carboxylic acids is 1. The first-order chi connectivity index (χ1) is 10.0. The molecular weight excluding hydrogens is 402 g/mol. The molecule has 0 bridgehead atoms. The van der Waals surface area contributed by atoms with Crippen LogP contribution in [0.1, 0.15) is 10.4 Å². The van der Waals surface area contributed by atoms with E-state index in [9.17, 15) is 4.79 Å². The maximum Gasteiger partial charge on any atom is 0.256 e. The van der Waals surface area contributed by atoms with Gasteiger partial charge in [-0.1, -0.05) is 15.9 Å². The van der Waals surface area contributed by atoms with Crippen molar-refractivity contribution >= 4 is 43.5 Å². The molecule has 0 radical (unpaired) electrons. The Hall–Kier alpha value is -1.53. The molecule has 21 heavy (non-hydrogen) atoms. The van der Waals surface area contributed by atoms with Gasteiger partial charge in [0.05, 0.1) is 19.8 Å². The third-order valence-electron chi connectivity index (χ3n) is 2.78. The van der Waals surface area contributed by atoms with Crippen molar-refractivity contribution in [1.82, 2.24) is 0 Å². The van der Waals surface area contributed by atoms with Gasteiger partial charge in [0.2, 0.25) is 0 Å². The van der Waals surface area contributed by atoms with Crippen LogP contribution >= 0.6 is 31.9 Å². The van der Waals surface area contributed by atoms with Gasteiger partial charge >= 0.3 is 0 Å². The van der Waals surface area contributed by atoms with Crippen LogP contribution in [0.25, 0.3) is 0 Å². The Bertz CT molecular complexity index is 652. The summed E-state index contributed by atoms with van der Waals surface area (Å²) in [5.41, 5.74) is 1.13. The Kier molecular flexibility index (Phi) is 5.25. The van der Waals surface area contributed by atoms with E-state index in [1.807, 2.05) is 12.1 Å². The minimum Gasteiger partial charge on any atom is -0.497 e. The molecule has 0 heterocycles. The second-order valence-corrected chi connectivity index (χ2v) is 5.95. The summed E-state index contributed by atoms with van der Waals surface area (Å²) in [6.07, 6.45) is 0. The number of nitrogens with one attached hydrogen (secondary N) is 1. The molecule has 6 heteroatoms. The zero-order valence-corrected chi connectivity index (χ0v) is 14.6. The summed E-state index contributed by atoms with van der Waals surface area (Å²) in [6, 6.07) is 10.6. The average Bonchev–Trinajstić information content (AvgIpc) is 2.49. The summed E-state index contributed by atoms with van der Waals surface area (Å²) in [5.74, 6) is 0.995. The number of anilines is 1.